The minimum absolute atomic E-state index is 0.102. The fourth-order valence-electron chi connectivity index (χ4n) is 3.11. The van der Waals surface area contributed by atoms with Gasteiger partial charge in [0.25, 0.3) is 5.92 Å². The van der Waals surface area contributed by atoms with Crippen LogP contribution in [0.5, 0.6) is 0 Å². The van der Waals surface area contributed by atoms with E-state index < -0.39 is 11.8 Å². The van der Waals surface area contributed by atoms with Gasteiger partial charge in [-0.05, 0) is 30.2 Å². The van der Waals surface area contributed by atoms with Gasteiger partial charge in [-0.1, -0.05) is 34.6 Å². The fraction of sp³-hybridized carbons (Fsp3) is 1.00. The van der Waals surface area contributed by atoms with Crippen LogP contribution in [-0.4, -0.2) is 19.0 Å². The lowest BCUT2D eigenvalue weighted by atomic mass is 9.66. The van der Waals surface area contributed by atoms with Gasteiger partial charge in [-0.25, -0.2) is 8.78 Å². The van der Waals surface area contributed by atoms with Crippen LogP contribution in [0.2, 0.25) is 0 Å². The molecule has 0 aromatic rings. The molecule has 0 radical (unpaired) electrons. The van der Waals surface area contributed by atoms with Crippen LogP contribution < -0.4 is 5.32 Å². The van der Waals surface area contributed by atoms with E-state index in [1.165, 1.54) is 0 Å². The topological polar surface area (TPSA) is 12.0 Å². The summed E-state index contributed by atoms with van der Waals surface area (Å²) in [5.41, 5.74) is -0.343. The van der Waals surface area contributed by atoms with Crippen LogP contribution in [0.15, 0.2) is 0 Å². The van der Waals surface area contributed by atoms with E-state index in [9.17, 15) is 8.78 Å². The molecule has 3 heteroatoms. The molecule has 2 unspecified atom stereocenters. The number of hydrogen-bond donors (Lipinski definition) is 1. The van der Waals surface area contributed by atoms with Crippen molar-refractivity contribution in [2.24, 2.45) is 23.2 Å². The van der Waals surface area contributed by atoms with Crippen molar-refractivity contribution in [3.05, 3.63) is 0 Å². The first-order chi connectivity index (χ1) is 7.16. The molecule has 1 heterocycles. The second-order valence-electron chi connectivity index (χ2n) is 6.48. The Hall–Kier alpha value is -0.180. The third kappa shape index (κ3) is 2.93. The first kappa shape index (κ1) is 13.9. The second kappa shape index (κ2) is 4.59. The normalized spacial score (nSPS) is 31.5. The molecular formula is C13H25F2N. The van der Waals surface area contributed by atoms with Crippen LogP contribution >= 0.6 is 0 Å². The van der Waals surface area contributed by atoms with Gasteiger partial charge in [-0.15, -0.1) is 0 Å². The Kier molecular flexibility index (Phi) is 3.99. The average molecular weight is 233 g/mol. The Morgan fingerprint density at radius 3 is 2.25 bits per heavy atom. The van der Waals surface area contributed by atoms with Crippen LogP contribution in [0.4, 0.5) is 8.78 Å². The van der Waals surface area contributed by atoms with Crippen molar-refractivity contribution in [2.75, 3.05) is 13.1 Å². The highest BCUT2D eigenvalue weighted by molar-refractivity contribution is 4.95. The Balaban J connectivity index is 3.05. The van der Waals surface area contributed by atoms with E-state index in [1.807, 2.05) is 20.8 Å². The summed E-state index contributed by atoms with van der Waals surface area (Å²) < 4.78 is 28.3. The van der Waals surface area contributed by atoms with Crippen molar-refractivity contribution >= 4 is 0 Å². The Bertz CT molecular complexity index is 231. The highest BCUT2D eigenvalue weighted by atomic mass is 19.3. The molecule has 1 saturated heterocycles. The summed E-state index contributed by atoms with van der Waals surface area (Å²) in [6.45, 7) is 10.5. The van der Waals surface area contributed by atoms with Gasteiger partial charge in [0.05, 0.1) is 6.54 Å². The number of nitrogens with one attached hydrogen (secondary N) is 1. The SMILES string of the molecule is CC(C)C1CCNCC(F)(F)C1C(C)(C)C. The molecule has 1 aliphatic rings. The lowest BCUT2D eigenvalue weighted by Gasteiger charge is -2.42. The summed E-state index contributed by atoms with van der Waals surface area (Å²) in [7, 11) is 0. The summed E-state index contributed by atoms with van der Waals surface area (Å²) in [6.07, 6.45) is 0.856. The minimum Gasteiger partial charge on any atom is -0.311 e. The quantitative estimate of drug-likeness (QED) is 0.730. The molecule has 0 spiro atoms. The van der Waals surface area contributed by atoms with Gasteiger partial charge in [-0.2, -0.15) is 0 Å². The summed E-state index contributed by atoms with van der Waals surface area (Å²) in [5, 5.41) is 2.87. The molecule has 0 aromatic carbocycles. The number of hydrogen-bond acceptors (Lipinski definition) is 1. The zero-order chi connectivity index (χ0) is 12.6. The zero-order valence-corrected chi connectivity index (χ0v) is 11.1. The summed E-state index contributed by atoms with van der Waals surface area (Å²) in [6, 6.07) is 0. The van der Waals surface area contributed by atoms with Crippen molar-refractivity contribution in [3.63, 3.8) is 0 Å². The van der Waals surface area contributed by atoms with E-state index in [4.69, 9.17) is 0 Å². The van der Waals surface area contributed by atoms with Gasteiger partial charge in [0.2, 0.25) is 0 Å². The molecule has 0 aromatic heterocycles. The van der Waals surface area contributed by atoms with Gasteiger partial charge in [0.15, 0.2) is 0 Å². The molecule has 16 heavy (non-hydrogen) atoms. The van der Waals surface area contributed by atoms with Crippen LogP contribution in [0.25, 0.3) is 0 Å². The lowest BCUT2D eigenvalue weighted by Crippen LogP contribution is -2.46. The Labute approximate surface area is 98.0 Å². The average Bonchev–Trinajstić information content (AvgIpc) is 2.21. The van der Waals surface area contributed by atoms with Gasteiger partial charge < -0.3 is 5.32 Å². The van der Waals surface area contributed by atoms with E-state index in [0.29, 0.717) is 12.5 Å². The summed E-state index contributed by atoms with van der Waals surface area (Å²) in [5.74, 6) is -2.71. The van der Waals surface area contributed by atoms with Gasteiger partial charge in [0, 0.05) is 5.92 Å². The smallest absolute Gasteiger partial charge is 0.263 e. The molecule has 96 valence electrons. The molecule has 1 N–H and O–H groups in total. The molecule has 1 rings (SSSR count). The van der Waals surface area contributed by atoms with Crippen LogP contribution in [0.3, 0.4) is 0 Å². The standard InChI is InChI=1S/C13H25F2N/c1-9(2)10-6-7-16-8-13(14,15)11(10)12(3,4)5/h9-11,16H,6-8H2,1-5H3. The third-order valence-corrected chi connectivity index (χ3v) is 3.69. The van der Waals surface area contributed by atoms with Crippen LogP contribution in [0, 0.1) is 23.2 Å². The third-order valence-electron chi connectivity index (χ3n) is 3.69. The zero-order valence-electron chi connectivity index (χ0n) is 11.1. The Morgan fingerprint density at radius 1 is 1.25 bits per heavy atom. The highest BCUT2D eigenvalue weighted by Gasteiger charge is 2.51. The fourth-order valence-corrected chi connectivity index (χ4v) is 3.11. The molecule has 0 bridgehead atoms. The van der Waals surface area contributed by atoms with E-state index in [0.717, 1.165) is 6.42 Å². The minimum atomic E-state index is -2.59. The summed E-state index contributed by atoms with van der Waals surface area (Å²) in [4.78, 5) is 0. The number of halogens is 2. The molecule has 0 amide bonds. The largest absolute Gasteiger partial charge is 0.311 e. The van der Waals surface area contributed by atoms with Crippen molar-refractivity contribution in [3.8, 4) is 0 Å². The monoisotopic (exact) mass is 233 g/mol. The predicted octanol–water partition coefficient (Wildman–Crippen LogP) is 3.55. The second-order valence-corrected chi connectivity index (χ2v) is 6.48. The summed E-state index contributed by atoms with van der Waals surface area (Å²) >= 11 is 0. The van der Waals surface area contributed by atoms with Crippen molar-refractivity contribution in [2.45, 2.75) is 47.0 Å². The van der Waals surface area contributed by atoms with E-state index in [-0.39, 0.29) is 17.9 Å². The van der Waals surface area contributed by atoms with Gasteiger partial charge in [-0.3, -0.25) is 0 Å². The van der Waals surface area contributed by atoms with Crippen molar-refractivity contribution in [1.82, 2.24) is 5.32 Å². The lowest BCUT2D eigenvalue weighted by molar-refractivity contribution is -0.120. The maximum absolute atomic E-state index is 14.2. The van der Waals surface area contributed by atoms with Crippen LogP contribution in [-0.2, 0) is 0 Å². The molecule has 1 aliphatic heterocycles. The molecule has 2 atom stereocenters. The maximum atomic E-state index is 14.2. The molecule has 0 aliphatic carbocycles. The molecule has 1 fully saturated rings. The maximum Gasteiger partial charge on any atom is 0.263 e. The van der Waals surface area contributed by atoms with E-state index >= 15 is 0 Å². The van der Waals surface area contributed by atoms with Gasteiger partial charge in [0.1, 0.15) is 0 Å². The van der Waals surface area contributed by atoms with Gasteiger partial charge >= 0.3 is 0 Å². The van der Waals surface area contributed by atoms with Crippen molar-refractivity contribution in [1.29, 1.82) is 0 Å². The predicted molar refractivity (Wildman–Crippen MR) is 63.7 cm³/mol. The van der Waals surface area contributed by atoms with Crippen molar-refractivity contribution < 1.29 is 8.78 Å². The van der Waals surface area contributed by atoms with E-state index in [1.54, 1.807) is 0 Å². The van der Waals surface area contributed by atoms with E-state index in [2.05, 4.69) is 19.2 Å². The number of alkyl halides is 2. The molecule has 0 saturated carbocycles. The Morgan fingerprint density at radius 2 is 1.81 bits per heavy atom. The molecule has 1 nitrogen and oxygen atoms in total. The highest BCUT2D eigenvalue weighted by Crippen LogP contribution is 2.47. The first-order valence-electron chi connectivity index (χ1n) is 6.25. The number of rotatable bonds is 1. The van der Waals surface area contributed by atoms with Crippen LogP contribution in [0.1, 0.15) is 41.0 Å². The molecular weight excluding hydrogens is 208 g/mol. The first-order valence-corrected chi connectivity index (χ1v) is 6.25.